The van der Waals surface area contributed by atoms with E-state index in [0.29, 0.717) is 36.4 Å². The number of nitrogens with two attached hydrogens (primary N) is 1. The van der Waals surface area contributed by atoms with Gasteiger partial charge in [0, 0.05) is 25.3 Å². The zero-order valence-electron chi connectivity index (χ0n) is 13.8. The fraction of sp³-hybridized carbons (Fsp3) is 0.533. The minimum atomic E-state index is 0.0772. The Bertz CT molecular complexity index is 481. The van der Waals surface area contributed by atoms with E-state index in [1.165, 1.54) is 0 Å². The Morgan fingerprint density at radius 3 is 2.18 bits per heavy atom. The van der Waals surface area contributed by atoms with Gasteiger partial charge in [0.05, 0.1) is 40.0 Å². The molecular weight excluding hydrogens is 286 g/mol. The first-order chi connectivity index (χ1) is 10.5. The van der Waals surface area contributed by atoms with Gasteiger partial charge in [0.1, 0.15) is 17.2 Å². The van der Waals surface area contributed by atoms with Gasteiger partial charge in [-0.05, 0) is 6.92 Å². The molecule has 0 heterocycles. The van der Waals surface area contributed by atoms with Gasteiger partial charge in [-0.2, -0.15) is 0 Å². The minimum absolute atomic E-state index is 0.0772. The number of ether oxygens (including phenoxy) is 4. The van der Waals surface area contributed by atoms with Gasteiger partial charge in [0.25, 0.3) is 0 Å². The lowest BCUT2D eigenvalue weighted by Crippen LogP contribution is -2.40. The number of hydrogen-bond acceptors (Lipinski definition) is 5. The summed E-state index contributed by atoms with van der Waals surface area (Å²) >= 11 is 0. The van der Waals surface area contributed by atoms with Crippen molar-refractivity contribution < 1.29 is 18.9 Å². The van der Waals surface area contributed by atoms with E-state index in [1.807, 2.05) is 6.92 Å². The van der Waals surface area contributed by atoms with Crippen molar-refractivity contribution in [3.05, 3.63) is 17.7 Å². The molecule has 0 fully saturated rings. The Balaban J connectivity index is 2.92. The molecule has 0 saturated carbocycles. The van der Waals surface area contributed by atoms with Crippen LogP contribution in [0.1, 0.15) is 12.5 Å². The first-order valence-corrected chi connectivity index (χ1v) is 6.90. The summed E-state index contributed by atoms with van der Waals surface area (Å²) in [5.74, 6) is 2.26. The number of rotatable bonds is 8. The van der Waals surface area contributed by atoms with Gasteiger partial charge >= 0.3 is 0 Å². The normalized spacial score (nSPS) is 12.7. The monoisotopic (exact) mass is 311 g/mol. The van der Waals surface area contributed by atoms with Crippen LogP contribution in [-0.2, 0) is 11.3 Å². The maximum atomic E-state index is 5.87. The highest BCUT2D eigenvalue weighted by atomic mass is 16.5. The Morgan fingerprint density at radius 2 is 1.73 bits per heavy atom. The third-order valence-electron chi connectivity index (χ3n) is 3.04. The molecule has 0 aromatic heterocycles. The lowest BCUT2D eigenvalue weighted by molar-refractivity contribution is 0.179. The third kappa shape index (κ3) is 5.00. The molecule has 0 amide bonds. The summed E-state index contributed by atoms with van der Waals surface area (Å²) in [6.07, 6.45) is 0. The molecule has 1 atom stereocenters. The molecule has 0 bridgehead atoms. The predicted octanol–water partition coefficient (Wildman–Crippen LogP) is 1.15. The molecule has 0 aliphatic rings. The molecule has 1 unspecified atom stereocenters. The van der Waals surface area contributed by atoms with Gasteiger partial charge in [-0.3, -0.25) is 0 Å². The Kier molecular flexibility index (Phi) is 7.31. The lowest BCUT2D eigenvalue weighted by Gasteiger charge is -2.15. The molecule has 0 spiro atoms. The quantitative estimate of drug-likeness (QED) is 0.553. The molecular formula is C15H25N3O4. The van der Waals surface area contributed by atoms with Crippen LogP contribution in [-0.4, -0.2) is 47.0 Å². The van der Waals surface area contributed by atoms with Crippen LogP contribution in [0.2, 0.25) is 0 Å². The van der Waals surface area contributed by atoms with Gasteiger partial charge in [-0.25, -0.2) is 4.99 Å². The van der Waals surface area contributed by atoms with E-state index in [4.69, 9.17) is 24.7 Å². The first kappa shape index (κ1) is 17.9. The van der Waals surface area contributed by atoms with Crippen LogP contribution in [0.5, 0.6) is 17.2 Å². The zero-order chi connectivity index (χ0) is 16.5. The molecule has 7 nitrogen and oxygen atoms in total. The average Bonchev–Trinajstić information content (AvgIpc) is 2.52. The van der Waals surface area contributed by atoms with E-state index in [9.17, 15) is 0 Å². The van der Waals surface area contributed by atoms with E-state index in [-0.39, 0.29) is 6.04 Å². The maximum absolute atomic E-state index is 5.87. The van der Waals surface area contributed by atoms with Gasteiger partial charge in [0.2, 0.25) is 0 Å². The van der Waals surface area contributed by atoms with E-state index in [2.05, 4.69) is 10.3 Å². The fourth-order valence-corrected chi connectivity index (χ4v) is 1.99. The largest absolute Gasteiger partial charge is 0.496 e. The molecule has 124 valence electrons. The third-order valence-corrected chi connectivity index (χ3v) is 3.04. The van der Waals surface area contributed by atoms with Crippen LogP contribution in [0.4, 0.5) is 0 Å². The second-order valence-electron chi connectivity index (χ2n) is 4.71. The van der Waals surface area contributed by atoms with Crippen LogP contribution in [0.25, 0.3) is 0 Å². The van der Waals surface area contributed by atoms with Crippen LogP contribution in [0, 0.1) is 0 Å². The average molecular weight is 311 g/mol. The van der Waals surface area contributed by atoms with Crippen LogP contribution < -0.4 is 25.3 Å². The van der Waals surface area contributed by atoms with Crippen LogP contribution >= 0.6 is 0 Å². The standard InChI is InChI=1S/C15H25N3O4/c1-10(9-19-2)18-15(16)17-8-12-13(21-4)6-11(20-3)7-14(12)22-5/h6-7,10H,8-9H2,1-5H3,(H3,16,17,18). The Morgan fingerprint density at radius 1 is 1.14 bits per heavy atom. The first-order valence-electron chi connectivity index (χ1n) is 6.90. The van der Waals surface area contributed by atoms with Crippen molar-refractivity contribution in [3.8, 4) is 17.2 Å². The maximum Gasteiger partial charge on any atom is 0.189 e. The van der Waals surface area contributed by atoms with Crippen LogP contribution in [0.15, 0.2) is 17.1 Å². The molecule has 22 heavy (non-hydrogen) atoms. The number of guanidine groups is 1. The van der Waals surface area contributed by atoms with E-state index >= 15 is 0 Å². The van der Waals surface area contributed by atoms with Crippen molar-refractivity contribution in [2.75, 3.05) is 35.0 Å². The molecule has 0 radical (unpaired) electrons. The number of nitrogens with zero attached hydrogens (tertiary/aromatic N) is 1. The summed E-state index contributed by atoms with van der Waals surface area (Å²) in [5, 5.41) is 3.04. The van der Waals surface area contributed by atoms with Crippen molar-refractivity contribution in [2.45, 2.75) is 19.5 Å². The summed E-state index contributed by atoms with van der Waals surface area (Å²) in [4.78, 5) is 4.32. The second-order valence-corrected chi connectivity index (χ2v) is 4.71. The van der Waals surface area contributed by atoms with Gasteiger partial charge in [0.15, 0.2) is 5.96 Å². The number of nitrogens with one attached hydrogen (secondary N) is 1. The van der Waals surface area contributed by atoms with E-state index < -0.39 is 0 Å². The topological polar surface area (TPSA) is 87.3 Å². The van der Waals surface area contributed by atoms with E-state index in [1.54, 1.807) is 40.6 Å². The zero-order valence-corrected chi connectivity index (χ0v) is 13.8. The molecule has 0 aliphatic heterocycles. The minimum Gasteiger partial charge on any atom is -0.496 e. The smallest absolute Gasteiger partial charge is 0.189 e. The summed E-state index contributed by atoms with van der Waals surface area (Å²) < 4.78 is 21.0. The summed E-state index contributed by atoms with van der Waals surface area (Å²) in [6.45, 7) is 2.83. The molecule has 1 aromatic carbocycles. The van der Waals surface area contributed by atoms with Gasteiger partial charge in [-0.1, -0.05) is 0 Å². The van der Waals surface area contributed by atoms with Crippen molar-refractivity contribution in [3.63, 3.8) is 0 Å². The van der Waals surface area contributed by atoms with Crippen molar-refractivity contribution >= 4 is 5.96 Å². The fourth-order valence-electron chi connectivity index (χ4n) is 1.99. The summed E-state index contributed by atoms with van der Waals surface area (Å²) in [7, 11) is 6.40. The van der Waals surface area contributed by atoms with Crippen molar-refractivity contribution in [1.29, 1.82) is 0 Å². The highest BCUT2D eigenvalue weighted by molar-refractivity contribution is 5.78. The molecule has 3 N–H and O–H groups in total. The van der Waals surface area contributed by atoms with Crippen molar-refractivity contribution in [2.24, 2.45) is 10.7 Å². The van der Waals surface area contributed by atoms with Crippen molar-refractivity contribution in [1.82, 2.24) is 5.32 Å². The second kappa shape index (κ2) is 8.99. The Hall–Kier alpha value is -2.15. The van der Waals surface area contributed by atoms with E-state index in [0.717, 1.165) is 5.56 Å². The highest BCUT2D eigenvalue weighted by Crippen LogP contribution is 2.34. The summed E-state index contributed by atoms with van der Waals surface area (Å²) in [5.41, 5.74) is 6.67. The number of benzene rings is 1. The SMILES string of the molecule is COCC(C)NC(N)=NCc1c(OC)cc(OC)cc1OC. The molecule has 1 aromatic rings. The van der Waals surface area contributed by atoms with Gasteiger partial charge < -0.3 is 30.0 Å². The Labute approximate surface area is 131 Å². The molecule has 0 aliphatic carbocycles. The lowest BCUT2D eigenvalue weighted by atomic mass is 10.1. The number of hydrogen-bond donors (Lipinski definition) is 2. The number of methoxy groups -OCH3 is 4. The predicted molar refractivity (Wildman–Crippen MR) is 85.9 cm³/mol. The highest BCUT2D eigenvalue weighted by Gasteiger charge is 2.13. The molecule has 0 saturated heterocycles. The molecule has 1 rings (SSSR count). The van der Waals surface area contributed by atoms with Gasteiger partial charge in [-0.15, -0.1) is 0 Å². The summed E-state index contributed by atoms with van der Waals surface area (Å²) in [6, 6.07) is 3.64. The molecule has 7 heteroatoms. The number of aliphatic imine (C=N–C) groups is 1. The van der Waals surface area contributed by atoms with Crippen LogP contribution in [0.3, 0.4) is 0 Å².